The molecule has 0 aliphatic carbocycles. The average molecular weight is 420 g/mol. The van der Waals surface area contributed by atoms with E-state index in [9.17, 15) is 9.90 Å². The minimum Gasteiger partial charge on any atom is -0.396 e. The van der Waals surface area contributed by atoms with Gasteiger partial charge in [0.2, 0.25) is 5.78 Å². The maximum atomic E-state index is 13.3. The fraction of sp³-hybridized carbons (Fsp3) is 0.333. The molecule has 28 heavy (non-hydrogen) atoms. The highest BCUT2D eigenvalue weighted by atomic mass is 35.5. The topological polar surface area (TPSA) is 58.4 Å². The Balaban J connectivity index is 2.21. The second-order valence-corrected chi connectivity index (χ2v) is 7.28. The van der Waals surface area contributed by atoms with E-state index < -0.39 is 0 Å². The highest BCUT2D eigenvalue weighted by Crippen LogP contribution is 2.30. The average Bonchev–Trinajstić information content (AvgIpc) is 3.06. The predicted octanol–water partition coefficient (Wildman–Crippen LogP) is 4.80. The summed E-state index contributed by atoms with van der Waals surface area (Å²) in [6, 6.07) is 10.7. The summed E-state index contributed by atoms with van der Waals surface area (Å²) >= 11 is 12.2. The number of carbonyl (C=O) groups is 1. The third-order valence-electron chi connectivity index (χ3n) is 4.77. The summed E-state index contributed by atoms with van der Waals surface area (Å²) in [5.41, 5.74) is 3.02. The molecule has 0 saturated carbocycles. The van der Waals surface area contributed by atoms with Crippen LogP contribution in [0.5, 0.6) is 0 Å². The molecule has 3 rings (SSSR count). The Kier molecular flexibility index (Phi) is 6.60. The first-order chi connectivity index (χ1) is 13.5. The zero-order valence-corrected chi connectivity index (χ0v) is 17.5. The molecular weight excluding hydrogens is 397 g/mol. The molecule has 7 heteroatoms. The summed E-state index contributed by atoms with van der Waals surface area (Å²) in [6.07, 6.45) is 0.521. The van der Waals surface area contributed by atoms with E-state index in [1.807, 2.05) is 22.8 Å². The summed E-state index contributed by atoms with van der Waals surface area (Å²) < 4.78 is 1.90. The lowest BCUT2D eigenvalue weighted by atomic mass is 10.1. The maximum Gasteiger partial charge on any atom is 0.229 e. The van der Waals surface area contributed by atoms with Crippen molar-refractivity contribution in [3.63, 3.8) is 0 Å². The lowest BCUT2D eigenvalue weighted by Crippen LogP contribution is -2.23. The molecule has 0 saturated heterocycles. The highest BCUT2D eigenvalue weighted by Gasteiger charge is 2.23. The number of hydrogen-bond donors (Lipinski definition) is 1. The van der Waals surface area contributed by atoms with Crippen LogP contribution < -0.4 is 4.90 Å². The monoisotopic (exact) mass is 419 g/mol. The summed E-state index contributed by atoms with van der Waals surface area (Å²) in [5.74, 6) is 0.0496. The van der Waals surface area contributed by atoms with Crippen molar-refractivity contribution in [1.82, 2.24) is 9.55 Å². The molecule has 148 valence electrons. The van der Waals surface area contributed by atoms with Crippen molar-refractivity contribution >= 4 is 45.7 Å². The van der Waals surface area contributed by atoms with Gasteiger partial charge in [-0.25, -0.2) is 4.98 Å². The molecule has 3 aromatic rings. The minimum atomic E-state index is -0.263. The van der Waals surface area contributed by atoms with Gasteiger partial charge in [0.15, 0.2) is 5.82 Å². The number of aryl methyl sites for hydroxylation is 1. The Labute approximate surface area is 174 Å². The molecule has 1 N–H and O–H groups in total. The normalized spacial score (nSPS) is 11.2. The number of aromatic nitrogens is 2. The zero-order chi connectivity index (χ0) is 20.3. The number of hydrogen-bond acceptors (Lipinski definition) is 4. The third kappa shape index (κ3) is 3.88. The van der Waals surface area contributed by atoms with Gasteiger partial charge in [-0.15, -0.1) is 0 Å². The van der Waals surface area contributed by atoms with Crippen LogP contribution in [0.25, 0.3) is 11.0 Å². The van der Waals surface area contributed by atoms with Crippen LogP contribution in [-0.2, 0) is 6.54 Å². The van der Waals surface area contributed by atoms with Gasteiger partial charge in [-0.3, -0.25) is 4.79 Å². The Morgan fingerprint density at radius 3 is 2.57 bits per heavy atom. The number of anilines is 1. The lowest BCUT2D eigenvalue weighted by Gasteiger charge is -2.23. The molecule has 5 nitrogen and oxygen atoms in total. The van der Waals surface area contributed by atoms with Crippen LogP contribution in [0.4, 0.5) is 5.69 Å². The van der Waals surface area contributed by atoms with Gasteiger partial charge in [0.1, 0.15) is 0 Å². The van der Waals surface area contributed by atoms with E-state index in [2.05, 4.69) is 23.7 Å². The first kappa shape index (κ1) is 20.6. The van der Waals surface area contributed by atoms with Crippen molar-refractivity contribution < 1.29 is 9.90 Å². The molecule has 0 aliphatic rings. The number of imidazole rings is 1. The molecule has 0 amide bonds. The summed E-state index contributed by atoms with van der Waals surface area (Å²) in [6.45, 7) is 6.38. The number of para-hydroxylation sites is 1. The van der Waals surface area contributed by atoms with Crippen molar-refractivity contribution in [3.05, 3.63) is 57.8 Å². The largest absolute Gasteiger partial charge is 0.396 e. The van der Waals surface area contributed by atoms with Crippen molar-refractivity contribution in [2.24, 2.45) is 0 Å². The molecule has 0 aliphatic heterocycles. The SMILES string of the molecule is CCN(CC)c1cccc2nc(C(=O)c3ccc(Cl)cc3Cl)n(CCCO)c12. The summed E-state index contributed by atoms with van der Waals surface area (Å²) in [7, 11) is 0. The second kappa shape index (κ2) is 8.95. The lowest BCUT2D eigenvalue weighted by molar-refractivity contribution is 0.102. The van der Waals surface area contributed by atoms with Gasteiger partial charge in [-0.1, -0.05) is 29.3 Å². The summed E-state index contributed by atoms with van der Waals surface area (Å²) in [5, 5.41) is 10.1. The molecule has 1 aromatic heterocycles. The second-order valence-electron chi connectivity index (χ2n) is 6.43. The zero-order valence-electron chi connectivity index (χ0n) is 16.0. The number of carbonyl (C=O) groups excluding carboxylic acids is 1. The number of halogens is 2. The quantitative estimate of drug-likeness (QED) is 0.532. The van der Waals surface area contributed by atoms with Crippen molar-refractivity contribution in [1.29, 1.82) is 0 Å². The summed E-state index contributed by atoms with van der Waals surface area (Å²) in [4.78, 5) is 20.1. The molecule has 0 bridgehead atoms. The van der Waals surface area contributed by atoms with Gasteiger partial charge in [-0.2, -0.15) is 0 Å². The van der Waals surface area contributed by atoms with Gasteiger partial charge in [-0.05, 0) is 50.6 Å². The molecule has 0 unspecified atom stereocenters. The van der Waals surface area contributed by atoms with E-state index in [1.165, 1.54) is 0 Å². The Hall–Kier alpha value is -2.08. The first-order valence-corrected chi connectivity index (χ1v) is 10.1. The van der Waals surface area contributed by atoms with Crippen LogP contribution in [0.2, 0.25) is 10.0 Å². The number of ketones is 1. The maximum absolute atomic E-state index is 13.3. The van der Waals surface area contributed by atoms with Crippen LogP contribution in [0.15, 0.2) is 36.4 Å². The van der Waals surface area contributed by atoms with Crippen LogP contribution in [0, 0.1) is 0 Å². The fourth-order valence-electron chi connectivity index (χ4n) is 3.40. The Morgan fingerprint density at radius 2 is 1.93 bits per heavy atom. The number of rotatable bonds is 8. The van der Waals surface area contributed by atoms with E-state index in [-0.39, 0.29) is 12.4 Å². The number of aliphatic hydroxyl groups excluding tert-OH is 1. The molecule has 0 spiro atoms. The molecule has 0 fully saturated rings. The van der Waals surface area contributed by atoms with Crippen molar-refractivity contribution in [2.45, 2.75) is 26.8 Å². The van der Waals surface area contributed by atoms with E-state index in [1.54, 1.807) is 18.2 Å². The van der Waals surface area contributed by atoms with Crippen LogP contribution in [-0.4, -0.2) is 40.1 Å². The minimum absolute atomic E-state index is 0.0302. The number of nitrogens with zero attached hydrogens (tertiary/aromatic N) is 3. The van der Waals surface area contributed by atoms with E-state index >= 15 is 0 Å². The fourth-order valence-corrected chi connectivity index (χ4v) is 3.89. The van der Waals surface area contributed by atoms with Gasteiger partial charge in [0, 0.05) is 36.8 Å². The smallest absolute Gasteiger partial charge is 0.229 e. The first-order valence-electron chi connectivity index (χ1n) is 9.36. The number of benzene rings is 2. The molecule has 2 aromatic carbocycles. The predicted molar refractivity (Wildman–Crippen MR) is 115 cm³/mol. The van der Waals surface area contributed by atoms with Crippen molar-refractivity contribution in [2.75, 3.05) is 24.6 Å². The van der Waals surface area contributed by atoms with Crippen LogP contribution in [0.1, 0.15) is 36.5 Å². The Morgan fingerprint density at radius 1 is 1.18 bits per heavy atom. The van der Waals surface area contributed by atoms with E-state index in [0.29, 0.717) is 34.4 Å². The van der Waals surface area contributed by atoms with Crippen LogP contribution in [0.3, 0.4) is 0 Å². The van der Waals surface area contributed by atoms with Gasteiger partial charge >= 0.3 is 0 Å². The molecule has 0 atom stereocenters. The third-order valence-corrected chi connectivity index (χ3v) is 5.32. The van der Waals surface area contributed by atoms with Gasteiger partial charge in [0.05, 0.1) is 21.7 Å². The molecule has 0 radical (unpaired) electrons. The van der Waals surface area contributed by atoms with Gasteiger partial charge in [0.25, 0.3) is 0 Å². The molecular formula is C21H23Cl2N3O2. The highest BCUT2D eigenvalue weighted by molar-refractivity contribution is 6.37. The van der Waals surface area contributed by atoms with E-state index in [4.69, 9.17) is 23.2 Å². The van der Waals surface area contributed by atoms with Gasteiger partial charge < -0.3 is 14.6 Å². The van der Waals surface area contributed by atoms with Crippen molar-refractivity contribution in [3.8, 4) is 0 Å². The molecule has 1 heterocycles. The van der Waals surface area contributed by atoms with E-state index in [0.717, 1.165) is 29.8 Å². The Bertz CT molecular complexity index is 997. The standard InChI is InChI=1S/C21H23Cl2N3O2/c1-3-25(4-2)18-8-5-7-17-19(18)26(11-6-12-27)21(24-17)20(28)15-10-9-14(22)13-16(15)23/h5,7-10,13,27H,3-4,6,11-12H2,1-2H3. The van der Waals surface area contributed by atoms with Crippen LogP contribution >= 0.6 is 23.2 Å². The number of aliphatic hydroxyl groups is 1. The number of fused-ring (bicyclic) bond motifs is 1.